The van der Waals surface area contributed by atoms with E-state index in [2.05, 4.69) is 5.32 Å². The molecule has 4 rings (SSSR count). The van der Waals surface area contributed by atoms with Crippen LogP contribution in [-0.2, 0) is 5.60 Å². The molecule has 1 amide bonds. The van der Waals surface area contributed by atoms with Crippen LogP contribution >= 0.6 is 11.3 Å². The molecule has 27 heavy (non-hydrogen) atoms. The van der Waals surface area contributed by atoms with Gasteiger partial charge in [-0.15, -0.1) is 0 Å². The molecular formula is C20H17NO5S. The van der Waals surface area contributed by atoms with Crippen molar-refractivity contribution < 1.29 is 23.5 Å². The Morgan fingerprint density at radius 2 is 2.19 bits per heavy atom. The Labute approximate surface area is 159 Å². The van der Waals surface area contributed by atoms with Crippen LogP contribution in [0.1, 0.15) is 21.9 Å². The number of benzene rings is 1. The van der Waals surface area contributed by atoms with E-state index in [9.17, 15) is 9.90 Å². The van der Waals surface area contributed by atoms with Gasteiger partial charge in [0.2, 0.25) is 0 Å². The number of furan rings is 2. The summed E-state index contributed by atoms with van der Waals surface area (Å²) in [6.45, 7) is -0.0652. The zero-order valence-electron chi connectivity index (χ0n) is 14.5. The lowest BCUT2D eigenvalue weighted by molar-refractivity contribution is 0.0522. The second-order valence-corrected chi connectivity index (χ2v) is 6.80. The van der Waals surface area contributed by atoms with Gasteiger partial charge in [0.05, 0.1) is 19.9 Å². The largest absolute Gasteiger partial charge is 0.493 e. The summed E-state index contributed by atoms with van der Waals surface area (Å²) in [6, 6.07) is 12.2. The predicted octanol–water partition coefficient (Wildman–Crippen LogP) is 3.76. The summed E-state index contributed by atoms with van der Waals surface area (Å²) in [6.07, 6.45) is 1.49. The van der Waals surface area contributed by atoms with Crippen molar-refractivity contribution in [2.24, 2.45) is 0 Å². The van der Waals surface area contributed by atoms with E-state index in [1.54, 1.807) is 37.4 Å². The number of hydrogen-bond acceptors (Lipinski definition) is 6. The molecule has 0 bridgehead atoms. The number of thiophene rings is 1. The second kappa shape index (κ2) is 6.94. The molecule has 0 saturated carbocycles. The monoisotopic (exact) mass is 383 g/mol. The first-order chi connectivity index (χ1) is 13.1. The molecule has 3 heterocycles. The lowest BCUT2D eigenvalue weighted by Gasteiger charge is -2.25. The third kappa shape index (κ3) is 3.11. The molecule has 0 aliphatic carbocycles. The normalized spacial score (nSPS) is 13.4. The fourth-order valence-corrected chi connectivity index (χ4v) is 3.67. The molecule has 0 radical (unpaired) electrons. The molecule has 0 fully saturated rings. The van der Waals surface area contributed by atoms with E-state index in [1.807, 2.05) is 22.9 Å². The van der Waals surface area contributed by atoms with Gasteiger partial charge in [-0.1, -0.05) is 12.1 Å². The smallest absolute Gasteiger partial charge is 0.287 e. The quantitative estimate of drug-likeness (QED) is 0.530. The summed E-state index contributed by atoms with van der Waals surface area (Å²) in [5, 5.41) is 18.4. The average Bonchev–Trinajstić information content (AvgIpc) is 3.45. The van der Waals surface area contributed by atoms with Crippen molar-refractivity contribution in [1.82, 2.24) is 5.32 Å². The van der Waals surface area contributed by atoms with Gasteiger partial charge in [-0.25, -0.2) is 0 Å². The van der Waals surface area contributed by atoms with Crippen LogP contribution in [0.25, 0.3) is 11.0 Å². The fourth-order valence-electron chi connectivity index (χ4n) is 2.95. The highest BCUT2D eigenvalue weighted by Crippen LogP contribution is 2.32. The molecule has 6 nitrogen and oxygen atoms in total. The summed E-state index contributed by atoms with van der Waals surface area (Å²) in [5.74, 6) is 0.611. The Morgan fingerprint density at radius 3 is 2.89 bits per heavy atom. The van der Waals surface area contributed by atoms with Crippen molar-refractivity contribution in [2.45, 2.75) is 5.60 Å². The minimum Gasteiger partial charge on any atom is -0.493 e. The van der Waals surface area contributed by atoms with Gasteiger partial charge in [-0.3, -0.25) is 4.79 Å². The fraction of sp³-hybridized carbons (Fsp3) is 0.150. The zero-order valence-corrected chi connectivity index (χ0v) is 15.3. The maximum atomic E-state index is 12.6. The maximum absolute atomic E-state index is 12.6. The zero-order chi connectivity index (χ0) is 18.9. The van der Waals surface area contributed by atoms with E-state index in [1.165, 1.54) is 17.6 Å². The highest BCUT2D eigenvalue weighted by Gasteiger charge is 2.35. The number of ether oxygens (including phenoxy) is 1. The predicted molar refractivity (Wildman–Crippen MR) is 101 cm³/mol. The van der Waals surface area contributed by atoms with Crippen LogP contribution in [0.15, 0.2) is 68.3 Å². The molecule has 4 aromatic rings. The van der Waals surface area contributed by atoms with Crippen LogP contribution in [0, 0.1) is 0 Å². The van der Waals surface area contributed by atoms with Crippen molar-refractivity contribution >= 4 is 28.2 Å². The van der Waals surface area contributed by atoms with Crippen molar-refractivity contribution in [1.29, 1.82) is 0 Å². The highest BCUT2D eigenvalue weighted by molar-refractivity contribution is 7.08. The minimum absolute atomic E-state index is 0.0652. The van der Waals surface area contributed by atoms with E-state index in [0.717, 1.165) is 5.39 Å². The summed E-state index contributed by atoms with van der Waals surface area (Å²) >= 11 is 1.45. The minimum atomic E-state index is -1.47. The molecule has 0 spiro atoms. The van der Waals surface area contributed by atoms with Gasteiger partial charge in [0.25, 0.3) is 5.91 Å². The third-order valence-corrected chi connectivity index (χ3v) is 5.07. The number of carbonyl (C=O) groups excluding carboxylic acids is 1. The number of para-hydroxylation sites is 1. The number of methoxy groups -OCH3 is 1. The molecule has 2 N–H and O–H groups in total. The van der Waals surface area contributed by atoms with Gasteiger partial charge in [0.15, 0.2) is 22.7 Å². The summed E-state index contributed by atoms with van der Waals surface area (Å²) in [4.78, 5) is 12.6. The van der Waals surface area contributed by atoms with Crippen LogP contribution in [-0.4, -0.2) is 24.7 Å². The first-order valence-corrected chi connectivity index (χ1v) is 9.20. The molecule has 3 aromatic heterocycles. The second-order valence-electron chi connectivity index (χ2n) is 6.02. The van der Waals surface area contributed by atoms with Crippen LogP contribution in [0.5, 0.6) is 5.75 Å². The van der Waals surface area contributed by atoms with Gasteiger partial charge in [-0.2, -0.15) is 11.3 Å². The molecular weight excluding hydrogens is 366 g/mol. The lowest BCUT2D eigenvalue weighted by atomic mass is 9.93. The van der Waals surface area contributed by atoms with Crippen LogP contribution in [0.2, 0.25) is 0 Å². The van der Waals surface area contributed by atoms with Gasteiger partial charge >= 0.3 is 0 Å². The number of rotatable bonds is 6. The number of amides is 1. The Balaban J connectivity index is 1.59. The van der Waals surface area contributed by atoms with Crippen molar-refractivity contribution in [3.05, 3.63) is 76.6 Å². The number of carbonyl (C=O) groups is 1. The molecule has 7 heteroatoms. The van der Waals surface area contributed by atoms with E-state index >= 15 is 0 Å². The van der Waals surface area contributed by atoms with Gasteiger partial charge in [-0.05, 0) is 41.1 Å². The molecule has 0 saturated heterocycles. The van der Waals surface area contributed by atoms with Crippen LogP contribution in [0.4, 0.5) is 0 Å². The summed E-state index contributed by atoms with van der Waals surface area (Å²) in [5.41, 5.74) is -0.318. The SMILES string of the molecule is COc1cccc2cc(C(=O)NCC(O)(c3ccsc3)c3ccco3)oc12. The molecule has 138 valence electrons. The number of aliphatic hydroxyl groups is 1. The average molecular weight is 383 g/mol. The first kappa shape index (κ1) is 17.4. The van der Waals surface area contributed by atoms with Gasteiger partial charge in [0, 0.05) is 10.9 Å². The number of fused-ring (bicyclic) bond motifs is 1. The molecule has 1 atom stereocenters. The summed E-state index contributed by atoms with van der Waals surface area (Å²) in [7, 11) is 1.54. The van der Waals surface area contributed by atoms with E-state index in [0.29, 0.717) is 22.7 Å². The number of hydrogen-bond donors (Lipinski definition) is 2. The Hall–Kier alpha value is -3.03. The molecule has 0 aliphatic heterocycles. The molecule has 1 unspecified atom stereocenters. The Kier molecular flexibility index (Phi) is 4.47. The van der Waals surface area contributed by atoms with E-state index < -0.39 is 11.5 Å². The van der Waals surface area contributed by atoms with Crippen molar-refractivity contribution in [3.63, 3.8) is 0 Å². The van der Waals surface area contributed by atoms with Crippen molar-refractivity contribution in [3.8, 4) is 5.75 Å². The van der Waals surface area contributed by atoms with Crippen molar-refractivity contribution in [2.75, 3.05) is 13.7 Å². The van der Waals surface area contributed by atoms with Gasteiger partial charge in [0.1, 0.15) is 5.76 Å². The van der Waals surface area contributed by atoms with E-state index in [-0.39, 0.29) is 12.3 Å². The topological polar surface area (TPSA) is 84.8 Å². The lowest BCUT2D eigenvalue weighted by Crippen LogP contribution is -2.41. The summed E-state index contributed by atoms with van der Waals surface area (Å²) < 4.78 is 16.3. The maximum Gasteiger partial charge on any atom is 0.287 e. The number of nitrogens with one attached hydrogen (secondary N) is 1. The molecule has 1 aromatic carbocycles. The standard InChI is InChI=1S/C20H17NO5S/c1-24-15-5-2-4-13-10-16(26-18(13)15)19(22)21-12-20(23,14-7-9-27-11-14)17-6-3-8-25-17/h2-11,23H,12H2,1H3,(H,21,22). The molecule has 0 aliphatic rings. The first-order valence-electron chi connectivity index (χ1n) is 8.25. The van der Waals surface area contributed by atoms with Gasteiger partial charge < -0.3 is 24.0 Å². The van der Waals surface area contributed by atoms with Crippen LogP contribution in [0.3, 0.4) is 0 Å². The highest BCUT2D eigenvalue weighted by atomic mass is 32.1. The van der Waals surface area contributed by atoms with Crippen LogP contribution < -0.4 is 10.1 Å². The Bertz CT molecular complexity index is 1020. The van der Waals surface area contributed by atoms with E-state index in [4.69, 9.17) is 13.6 Å². The third-order valence-electron chi connectivity index (χ3n) is 4.38. The Morgan fingerprint density at radius 1 is 1.30 bits per heavy atom.